The van der Waals surface area contributed by atoms with E-state index in [0.717, 1.165) is 18.1 Å². The largest absolute Gasteiger partial charge is 0.354 e. The maximum absolute atomic E-state index is 10.8. The van der Waals surface area contributed by atoms with Gasteiger partial charge in [-0.1, -0.05) is 0 Å². The molecule has 1 unspecified atom stereocenters. The second kappa shape index (κ2) is 3.08. The lowest BCUT2D eigenvalue weighted by molar-refractivity contribution is -0.121. The number of carbonyl (C=O) groups is 1. The number of thioether (sulfide) groups is 1. The quantitative estimate of drug-likeness (QED) is 0.469. The van der Waals surface area contributed by atoms with Gasteiger partial charge in [0.25, 0.3) is 0 Å². The number of carbonyl (C=O) groups excluding carboxylic acids is 1. The third kappa shape index (κ3) is 1.87. The number of rotatable bonds is 0. The minimum atomic E-state index is -0.294. The molecule has 1 rings (SSSR count). The Morgan fingerprint density at radius 1 is 1.78 bits per heavy atom. The van der Waals surface area contributed by atoms with Gasteiger partial charge >= 0.3 is 0 Å². The van der Waals surface area contributed by atoms with Gasteiger partial charge in [0.1, 0.15) is 0 Å². The predicted octanol–water partition coefficient (Wildman–Crippen LogP) is -0.823. The van der Waals surface area contributed by atoms with Crippen molar-refractivity contribution in [2.75, 3.05) is 18.1 Å². The van der Waals surface area contributed by atoms with Crippen molar-refractivity contribution in [1.82, 2.24) is 5.32 Å². The van der Waals surface area contributed by atoms with Crippen LogP contribution in [0, 0.1) is 0 Å². The molecule has 0 aromatic heterocycles. The van der Waals surface area contributed by atoms with Crippen LogP contribution in [0.4, 0.5) is 0 Å². The van der Waals surface area contributed by atoms with Crippen molar-refractivity contribution >= 4 is 17.7 Å². The highest BCUT2D eigenvalue weighted by Crippen LogP contribution is 2.03. The number of nitrogens with one attached hydrogen (secondary N) is 1. The summed E-state index contributed by atoms with van der Waals surface area (Å²) < 4.78 is 0. The van der Waals surface area contributed by atoms with E-state index in [1.54, 1.807) is 11.8 Å². The molecular weight excluding hydrogens is 136 g/mol. The van der Waals surface area contributed by atoms with Gasteiger partial charge in [0.15, 0.2) is 0 Å². The fraction of sp³-hybridized carbons (Fsp3) is 0.800. The first kappa shape index (κ1) is 6.89. The van der Waals surface area contributed by atoms with E-state index < -0.39 is 0 Å². The molecule has 0 spiro atoms. The molecule has 1 fully saturated rings. The van der Waals surface area contributed by atoms with E-state index >= 15 is 0 Å². The fourth-order valence-electron chi connectivity index (χ4n) is 0.663. The minimum absolute atomic E-state index is 0.0139. The highest BCUT2D eigenvalue weighted by Gasteiger charge is 2.14. The summed E-state index contributed by atoms with van der Waals surface area (Å²) in [6.07, 6.45) is 0. The second-order valence-corrected chi connectivity index (χ2v) is 3.12. The normalized spacial score (nSPS) is 29.0. The van der Waals surface area contributed by atoms with Crippen molar-refractivity contribution in [3.05, 3.63) is 0 Å². The van der Waals surface area contributed by atoms with Gasteiger partial charge in [-0.05, 0) is 0 Å². The van der Waals surface area contributed by atoms with E-state index in [1.165, 1.54) is 0 Å². The Morgan fingerprint density at radius 2 is 2.56 bits per heavy atom. The smallest absolute Gasteiger partial charge is 0.237 e. The molecule has 0 bridgehead atoms. The Bertz CT molecular complexity index is 118. The lowest BCUT2D eigenvalue weighted by Gasteiger charge is -2.03. The molecule has 0 saturated carbocycles. The van der Waals surface area contributed by atoms with Gasteiger partial charge in [-0.25, -0.2) is 0 Å². The lowest BCUT2D eigenvalue weighted by atomic mass is 10.3. The van der Waals surface area contributed by atoms with E-state index in [-0.39, 0.29) is 11.9 Å². The standard InChI is InChI=1S/C5H10N2OS/c6-4-3-9-2-1-7-5(4)8/h4H,1-3,6H2,(H,7,8). The molecule has 1 saturated heterocycles. The zero-order chi connectivity index (χ0) is 6.69. The van der Waals surface area contributed by atoms with Gasteiger partial charge in [0.2, 0.25) is 5.91 Å². The van der Waals surface area contributed by atoms with Crippen molar-refractivity contribution in [2.24, 2.45) is 5.73 Å². The summed E-state index contributed by atoms with van der Waals surface area (Å²) in [5, 5.41) is 2.71. The zero-order valence-electron chi connectivity index (χ0n) is 5.09. The molecule has 3 N–H and O–H groups in total. The maximum atomic E-state index is 10.8. The van der Waals surface area contributed by atoms with Crippen molar-refractivity contribution in [3.8, 4) is 0 Å². The van der Waals surface area contributed by atoms with Crippen LogP contribution in [-0.2, 0) is 4.79 Å². The maximum Gasteiger partial charge on any atom is 0.237 e. The Hall–Kier alpha value is -0.220. The minimum Gasteiger partial charge on any atom is -0.354 e. The first-order valence-corrected chi connectivity index (χ1v) is 4.07. The summed E-state index contributed by atoms with van der Waals surface area (Å²) in [5.74, 6) is 1.73. The Labute approximate surface area is 58.4 Å². The SMILES string of the molecule is NC1CSCCNC1=O. The van der Waals surface area contributed by atoms with Gasteiger partial charge in [0, 0.05) is 18.1 Å². The van der Waals surface area contributed by atoms with Gasteiger partial charge in [-0.3, -0.25) is 4.79 Å². The molecular formula is C5H10N2OS. The molecule has 1 aliphatic rings. The van der Waals surface area contributed by atoms with Crippen LogP contribution in [0.3, 0.4) is 0 Å². The molecule has 4 heteroatoms. The average molecular weight is 146 g/mol. The number of amides is 1. The molecule has 0 aliphatic carbocycles. The van der Waals surface area contributed by atoms with E-state index in [4.69, 9.17) is 5.73 Å². The van der Waals surface area contributed by atoms with Crippen LogP contribution < -0.4 is 11.1 Å². The average Bonchev–Trinajstić information content (AvgIpc) is 1.99. The molecule has 1 amide bonds. The number of hydrogen-bond acceptors (Lipinski definition) is 3. The highest BCUT2D eigenvalue weighted by molar-refractivity contribution is 7.99. The molecule has 1 atom stereocenters. The van der Waals surface area contributed by atoms with Crippen LogP contribution in [0.2, 0.25) is 0 Å². The monoisotopic (exact) mass is 146 g/mol. The van der Waals surface area contributed by atoms with Gasteiger partial charge < -0.3 is 11.1 Å². The van der Waals surface area contributed by atoms with E-state index in [1.807, 2.05) is 0 Å². The molecule has 0 aromatic rings. The Kier molecular flexibility index (Phi) is 2.36. The van der Waals surface area contributed by atoms with E-state index in [9.17, 15) is 4.79 Å². The van der Waals surface area contributed by atoms with Gasteiger partial charge in [-0.2, -0.15) is 11.8 Å². The third-order valence-corrected chi connectivity index (χ3v) is 2.27. The predicted molar refractivity (Wildman–Crippen MR) is 38.3 cm³/mol. The lowest BCUT2D eigenvalue weighted by Crippen LogP contribution is -2.40. The molecule has 1 heterocycles. The van der Waals surface area contributed by atoms with Crippen LogP contribution >= 0.6 is 11.8 Å². The van der Waals surface area contributed by atoms with Crippen LogP contribution in [-0.4, -0.2) is 30.0 Å². The summed E-state index contributed by atoms with van der Waals surface area (Å²) in [7, 11) is 0. The summed E-state index contributed by atoms with van der Waals surface area (Å²) in [5.41, 5.74) is 5.45. The van der Waals surface area contributed by atoms with Crippen molar-refractivity contribution in [2.45, 2.75) is 6.04 Å². The van der Waals surface area contributed by atoms with Crippen LogP contribution in [0.25, 0.3) is 0 Å². The Balaban J connectivity index is 2.41. The van der Waals surface area contributed by atoms with Crippen molar-refractivity contribution in [1.29, 1.82) is 0 Å². The Morgan fingerprint density at radius 3 is 3.33 bits per heavy atom. The van der Waals surface area contributed by atoms with E-state index in [0.29, 0.717) is 0 Å². The summed E-state index contributed by atoms with van der Waals surface area (Å²) in [4.78, 5) is 10.8. The summed E-state index contributed by atoms with van der Waals surface area (Å²) in [6, 6.07) is -0.294. The first-order chi connectivity index (χ1) is 4.30. The number of hydrogen-bond donors (Lipinski definition) is 2. The first-order valence-electron chi connectivity index (χ1n) is 2.92. The third-order valence-electron chi connectivity index (χ3n) is 1.18. The van der Waals surface area contributed by atoms with Crippen molar-refractivity contribution < 1.29 is 4.79 Å². The molecule has 3 nitrogen and oxygen atoms in total. The molecule has 9 heavy (non-hydrogen) atoms. The van der Waals surface area contributed by atoms with Crippen LogP contribution in [0.1, 0.15) is 0 Å². The number of nitrogens with two attached hydrogens (primary N) is 1. The molecule has 52 valence electrons. The van der Waals surface area contributed by atoms with Crippen LogP contribution in [0.5, 0.6) is 0 Å². The fourth-order valence-corrected chi connectivity index (χ4v) is 1.48. The highest BCUT2D eigenvalue weighted by atomic mass is 32.2. The molecule has 1 aliphatic heterocycles. The summed E-state index contributed by atoms with van der Waals surface area (Å²) in [6.45, 7) is 0.761. The van der Waals surface area contributed by atoms with E-state index in [2.05, 4.69) is 5.32 Å². The van der Waals surface area contributed by atoms with Crippen LogP contribution in [0.15, 0.2) is 0 Å². The topological polar surface area (TPSA) is 55.1 Å². The molecule has 0 radical (unpaired) electrons. The van der Waals surface area contributed by atoms with Crippen molar-refractivity contribution in [3.63, 3.8) is 0 Å². The summed E-state index contributed by atoms with van der Waals surface area (Å²) >= 11 is 1.72. The molecule has 0 aromatic carbocycles. The van der Waals surface area contributed by atoms with Gasteiger partial charge in [-0.15, -0.1) is 0 Å². The zero-order valence-corrected chi connectivity index (χ0v) is 5.91. The van der Waals surface area contributed by atoms with Gasteiger partial charge in [0.05, 0.1) is 6.04 Å². The second-order valence-electron chi connectivity index (χ2n) is 1.97.